The summed E-state index contributed by atoms with van der Waals surface area (Å²) in [5.41, 5.74) is 10.5. The van der Waals surface area contributed by atoms with Crippen LogP contribution in [0.15, 0.2) is 0 Å². The van der Waals surface area contributed by atoms with Crippen LogP contribution in [0.3, 0.4) is 0 Å². The van der Waals surface area contributed by atoms with E-state index in [0.717, 1.165) is 12.8 Å². The van der Waals surface area contributed by atoms with Gasteiger partial charge in [-0.1, -0.05) is 6.42 Å². The molecule has 0 fully saturated rings. The Kier molecular flexibility index (Phi) is 5.62. The molecule has 6 N–H and O–H groups in total. The van der Waals surface area contributed by atoms with Gasteiger partial charge in [0.1, 0.15) is 0 Å². The first kappa shape index (κ1) is 9.90. The summed E-state index contributed by atoms with van der Waals surface area (Å²) in [6.07, 6.45) is 2.37. The molecule has 0 saturated heterocycles. The lowest BCUT2D eigenvalue weighted by atomic mass is 9.77. The molecule has 0 unspecified atom stereocenters. The van der Waals surface area contributed by atoms with Crippen LogP contribution in [0.1, 0.15) is 19.3 Å². The average Bonchev–Trinajstić information content (AvgIpc) is 1.88. The van der Waals surface area contributed by atoms with E-state index in [-0.39, 0.29) is 0 Å². The third-order valence-corrected chi connectivity index (χ3v) is 1.37. The smallest absolute Gasteiger partial charge is 0.426 e. The van der Waals surface area contributed by atoms with Crippen molar-refractivity contribution in [1.82, 2.24) is 0 Å². The zero-order valence-electron chi connectivity index (χ0n) is 6.03. The summed E-state index contributed by atoms with van der Waals surface area (Å²) in [6.45, 7) is 0.633. The summed E-state index contributed by atoms with van der Waals surface area (Å²) in [6, 6.07) is 0. The topological polar surface area (TPSA) is 92.5 Å². The van der Waals surface area contributed by atoms with E-state index in [2.05, 4.69) is 0 Å². The van der Waals surface area contributed by atoms with Crippen LogP contribution in [0, 0.1) is 0 Å². The minimum absolute atomic E-state index is 0.522. The van der Waals surface area contributed by atoms with Gasteiger partial charge in [-0.15, -0.1) is 0 Å². The highest BCUT2D eigenvalue weighted by Crippen LogP contribution is 1.97. The van der Waals surface area contributed by atoms with Gasteiger partial charge in [0.05, 0.1) is 0 Å². The normalized spacial score (nSPS) is 13.2. The van der Waals surface area contributed by atoms with E-state index >= 15 is 0 Å². The van der Waals surface area contributed by atoms with Gasteiger partial charge in [0.15, 0.2) is 0 Å². The lowest BCUT2D eigenvalue weighted by molar-refractivity contribution is 0.380. The number of nitrogens with two attached hydrogens (primary N) is 2. The molecule has 0 heterocycles. The van der Waals surface area contributed by atoms with E-state index in [1.54, 1.807) is 0 Å². The number of rotatable bonds is 5. The first-order valence-electron chi connectivity index (χ1n) is 3.50. The van der Waals surface area contributed by atoms with Gasteiger partial charge in [0.2, 0.25) is 0 Å². The summed E-state index contributed by atoms with van der Waals surface area (Å²) in [4.78, 5) is 0. The van der Waals surface area contributed by atoms with E-state index in [4.69, 9.17) is 21.5 Å². The minimum atomic E-state index is -1.39. The van der Waals surface area contributed by atoms with Crippen molar-refractivity contribution < 1.29 is 10.0 Å². The largest absolute Gasteiger partial charge is 0.469 e. The highest BCUT2D eigenvalue weighted by atomic mass is 16.4. The molecule has 0 rings (SSSR count). The monoisotopic (exact) mass is 146 g/mol. The third kappa shape index (κ3) is 4.75. The second-order valence-corrected chi connectivity index (χ2v) is 2.36. The number of unbranched alkanes of at least 4 members (excludes halogenated alkanes) is 1. The van der Waals surface area contributed by atoms with Crippen LogP contribution in [0.4, 0.5) is 0 Å². The van der Waals surface area contributed by atoms with Gasteiger partial charge in [-0.25, -0.2) is 0 Å². The highest BCUT2D eigenvalue weighted by molar-refractivity contribution is 6.43. The van der Waals surface area contributed by atoms with Gasteiger partial charge < -0.3 is 21.5 Å². The maximum atomic E-state index is 8.52. The second kappa shape index (κ2) is 5.67. The standard InChI is InChI=1S/C5H15BN2O2/c7-4-2-1-3-5(8)6(9)10/h5,9-10H,1-4,7-8H2/t5-/m0/s1. The van der Waals surface area contributed by atoms with Crippen LogP contribution in [-0.4, -0.2) is 29.7 Å². The molecule has 4 nitrogen and oxygen atoms in total. The van der Waals surface area contributed by atoms with Crippen LogP contribution in [0.25, 0.3) is 0 Å². The van der Waals surface area contributed by atoms with Crippen LogP contribution in [0.5, 0.6) is 0 Å². The lowest BCUT2D eigenvalue weighted by Crippen LogP contribution is -2.38. The molecule has 0 aliphatic rings. The Balaban J connectivity index is 3.13. The Hall–Kier alpha value is -0.0951. The zero-order chi connectivity index (χ0) is 7.98. The van der Waals surface area contributed by atoms with Crippen molar-refractivity contribution in [2.24, 2.45) is 11.5 Å². The van der Waals surface area contributed by atoms with E-state index in [1.165, 1.54) is 0 Å². The van der Waals surface area contributed by atoms with Crippen LogP contribution in [-0.2, 0) is 0 Å². The summed E-state index contributed by atoms with van der Waals surface area (Å²) in [5.74, 6) is -0.522. The maximum Gasteiger partial charge on any atom is 0.469 e. The fraction of sp³-hybridized carbons (Fsp3) is 1.00. The molecular formula is C5H15BN2O2. The predicted molar refractivity (Wildman–Crippen MR) is 41.1 cm³/mol. The van der Waals surface area contributed by atoms with E-state index in [1.807, 2.05) is 0 Å². The molecule has 0 radical (unpaired) electrons. The predicted octanol–water partition coefficient (Wildman–Crippen LogP) is -1.55. The average molecular weight is 146 g/mol. The van der Waals surface area contributed by atoms with Gasteiger partial charge in [-0.05, 0) is 19.4 Å². The molecular weight excluding hydrogens is 131 g/mol. The molecule has 5 heteroatoms. The molecule has 60 valence electrons. The van der Waals surface area contributed by atoms with Gasteiger partial charge in [0.25, 0.3) is 0 Å². The van der Waals surface area contributed by atoms with Crippen molar-refractivity contribution in [3.8, 4) is 0 Å². The molecule has 1 atom stereocenters. The first-order valence-corrected chi connectivity index (χ1v) is 3.50. The van der Waals surface area contributed by atoms with Crippen molar-refractivity contribution in [3.05, 3.63) is 0 Å². The van der Waals surface area contributed by atoms with Gasteiger partial charge in [-0.2, -0.15) is 0 Å². The molecule has 0 aliphatic heterocycles. The maximum absolute atomic E-state index is 8.52. The van der Waals surface area contributed by atoms with E-state index in [0.29, 0.717) is 13.0 Å². The van der Waals surface area contributed by atoms with Crippen molar-refractivity contribution in [2.75, 3.05) is 6.54 Å². The minimum Gasteiger partial charge on any atom is -0.426 e. The highest BCUT2D eigenvalue weighted by Gasteiger charge is 2.17. The molecule has 0 spiro atoms. The summed E-state index contributed by atoms with van der Waals surface area (Å²) in [5, 5.41) is 17.0. The third-order valence-electron chi connectivity index (χ3n) is 1.37. The summed E-state index contributed by atoms with van der Waals surface area (Å²) >= 11 is 0. The molecule has 0 saturated carbocycles. The lowest BCUT2D eigenvalue weighted by Gasteiger charge is -2.07. The Morgan fingerprint density at radius 2 is 1.90 bits per heavy atom. The Morgan fingerprint density at radius 1 is 1.30 bits per heavy atom. The quantitative estimate of drug-likeness (QED) is 0.279. The van der Waals surface area contributed by atoms with Crippen LogP contribution < -0.4 is 11.5 Å². The van der Waals surface area contributed by atoms with Crippen molar-refractivity contribution in [1.29, 1.82) is 0 Å². The van der Waals surface area contributed by atoms with E-state index in [9.17, 15) is 0 Å². The van der Waals surface area contributed by atoms with Crippen molar-refractivity contribution >= 4 is 7.12 Å². The molecule has 10 heavy (non-hydrogen) atoms. The number of hydrogen-bond acceptors (Lipinski definition) is 4. The summed E-state index contributed by atoms with van der Waals surface area (Å²) in [7, 11) is -1.39. The van der Waals surface area contributed by atoms with Crippen molar-refractivity contribution in [3.63, 3.8) is 0 Å². The van der Waals surface area contributed by atoms with Crippen LogP contribution >= 0.6 is 0 Å². The summed E-state index contributed by atoms with van der Waals surface area (Å²) < 4.78 is 0. The molecule has 0 aliphatic carbocycles. The first-order chi connectivity index (χ1) is 4.68. The van der Waals surface area contributed by atoms with Gasteiger partial charge in [-0.3, -0.25) is 0 Å². The Morgan fingerprint density at radius 3 is 2.30 bits per heavy atom. The fourth-order valence-electron chi connectivity index (χ4n) is 0.673. The second-order valence-electron chi connectivity index (χ2n) is 2.36. The molecule has 0 amide bonds. The Bertz CT molecular complexity index is 82.0. The Labute approximate surface area is 61.4 Å². The molecule has 0 aromatic heterocycles. The van der Waals surface area contributed by atoms with E-state index < -0.39 is 13.1 Å². The zero-order valence-corrected chi connectivity index (χ0v) is 6.03. The van der Waals surface area contributed by atoms with Gasteiger partial charge in [0, 0.05) is 5.94 Å². The van der Waals surface area contributed by atoms with Gasteiger partial charge >= 0.3 is 7.12 Å². The SMILES string of the molecule is NCCCC[C@H](N)B(O)O. The number of hydrogen-bond donors (Lipinski definition) is 4. The molecule has 0 aromatic rings. The molecule has 0 aromatic carbocycles. The van der Waals surface area contributed by atoms with Crippen molar-refractivity contribution in [2.45, 2.75) is 25.2 Å². The van der Waals surface area contributed by atoms with Crippen LogP contribution in [0.2, 0.25) is 0 Å². The molecule has 0 bridgehead atoms. The fourth-order valence-corrected chi connectivity index (χ4v) is 0.673.